The van der Waals surface area contributed by atoms with Crippen LogP contribution >= 0.6 is 0 Å². The molecule has 0 aliphatic carbocycles. The Balaban J connectivity index is 1.63. The second kappa shape index (κ2) is 8.02. The normalized spacial score (nSPS) is 15.9. The van der Waals surface area contributed by atoms with Gasteiger partial charge in [-0.05, 0) is 12.1 Å². The molecule has 1 aliphatic rings. The van der Waals surface area contributed by atoms with Crippen LogP contribution in [0.4, 0.5) is 14.5 Å². The average molecular weight is 299 g/mol. The van der Waals surface area contributed by atoms with E-state index in [0.717, 1.165) is 45.0 Å². The molecule has 0 radical (unpaired) electrons. The van der Waals surface area contributed by atoms with Crippen molar-refractivity contribution in [2.24, 2.45) is 0 Å². The third-order valence-corrected chi connectivity index (χ3v) is 3.20. The van der Waals surface area contributed by atoms with Crippen molar-refractivity contribution in [3.63, 3.8) is 0 Å². The molecule has 21 heavy (non-hydrogen) atoms. The lowest BCUT2D eigenvalue weighted by molar-refractivity contribution is -0.115. The number of hydrogen-bond acceptors (Lipinski definition) is 4. The largest absolute Gasteiger partial charge is 0.379 e. The number of nitrogens with zero attached hydrogens (tertiary/aromatic N) is 1. The summed E-state index contributed by atoms with van der Waals surface area (Å²) in [6, 6.07) is 3.27. The molecule has 0 bridgehead atoms. The number of anilines is 1. The number of amides is 1. The van der Waals surface area contributed by atoms with E-state index >= 15 is 0 Å². The zero-order chi connectivity index (χ0) is 15.1. The van der Waals surface area contributed by atoms with Crippen LogP contribution in [-0.2, 0) is 9.53 Å². The highest BCUT2D eigenvalue weighted by molar-refractivity contribution is 5.92. The number of morpholine rings is 1. The molecule has 1 aromatic carbocycles. The molecule has 1 saturated heterocycles. The van der Waals surface area contributed by atoms with Gasteiger partial charge in [0, 0.05) is 37.9 Å². The summed E-state index contributed by atoms with van der Waals surface area (Å²) in [5.41, 5.74) is 0.244. The molecular formula is C14H19F2N3O2. The number of nitrogens with one attached hydrogen (secondary N) is 2. The van der Waals surface area contributed by atoms with Crippen LogP contribution in [-0.4, -0.2) is 56.7 Å². The maximum atomic E-state index is 13.0. The van der Waals surface area contributed by atoms with Gasteiger partial charge < -0.3 is 15.4 Å². The summed E-state index contributed by atoms with van der Waals surface area (Å²) in [7, 11) is 0. The van der Waals surface area contributed by atoms with Gasteiger partial charge in [0.25, 0.3) is 0 Å². The molecule has 1 fully saturated rings. The molecule has 1 amide bonds. The summed E-state index contributed by atoms with van der Waals surface area (Å²) in [6.45, 7) is 4.97. The Hall–Kier alpha value is -1.57. The SMILES string of the molecule is O=C(CNCCN1CCOCC1)Nc1ccc(F)c(F)c1. The lowest BCUT2D eigenvalue weighted by atomic mass is 10.3. The Morgan fingerprint density at radius 3 is 2.71 bits per heavy atom. The number of hydrogen-bond donors (Lipinski definition) is 2. The molecule has 1 heterocycles. The van der Waals surface area contributed by atoms with Crippen LogP contribution < -0.4 is 10.6 Å². The number of halogens is 2. The van der Waals surface area contributed by atoms with E-state index in [-0.39, 0.29) is 18.1 Å². The smallest absolute Gasteiger partial charge is 0.238 e. The van der Waals surface area contributed by atoms with E-state index in [4.69, 9.17) is 4.74 Å². The fourth-order valence-electron chi connectivity index (χ4n) is 2.04. The Morgan fingerprint density at radius 1 is 1.24 bits per heavy atom. The van der Waals surface area contributed by atoms with Gasteiger partial charge in [-0.3, -0.25) is 9.69 Å². The van der Waals surface area contributed by atoms with Gasteiger partial charge >= 0.3 is 0 Å². The second-order valence-electron chi connectivity index (χ2n) is 4.81. The van der Waals surface area contributed by atoms with Crippen LogP contribution in [0.15, 0.2) is 18.2 Å². The highest BCUT2D eigenvalue weighted by atomic mass is 19.2. The molecule has 0 aromatic heterocycles. The van der Waals surface area contributed by atoms with Crippen molar-refractivity contribution < 1.29 is 18.3 Å². The molecular weight excluding hydrogens is 280 g/mol. The van der Waals surface area contributed by atoms with Crippen molar-refractivity contribution >= 4 is 11.6 Å². The molecule has 7 heteroatoms. The third kappa shape index (κ3) is 5.37. The van der Waals surface area contributed by atoms with E-state index in [1.165, 1.54) is 6.07 Å². The first-order valence-corrected chi connectivity index (χ1v) is 6.91. The topological polar surface area (TPSA) is 53.6 Å². The van der Waals surface area contributed by atoms with Crippen molar-refractivity contribution in [2.45, 2.75) is 0 Å². The first kappa shape index (κ1) is 15.8. The van der Waals surface area contributed by atoms with Gasteiger partial charge in [0.05, 0.1) is 19.8 Å². The highest BCUT2D eigenvalue weighted by Crippen LogP contribution is 2.12. The van der Waals surface area contributed by atoms with E-state index in [9.17, 15) is 13.6 Å². The van der Waals surface area contributed by atoms with Crippen LogP contribution in [0.5, 0.6) is 0 Å². The molecule has 1 aliphatic heterocycles. The maximum Gasteiger partial charge on any atom is 0.238 e. The Labute approximate surface area is 122 Å². The molecule has 0 saturated carbocycles. The number of rotatable bonds is 6. The summed E-state index contributed by atoms with van der Waals surface area (Å²) < 4.78 is 31.0. The fourth-order valence-corrected chi connectivity index (χ4v) is 2.04. The van der Waals surface area contributed by atoms with Gasteiger partial charge in [-0.25, -0.2) is 8.78 Å². The van der Waals surface area contributed by atoms with Gasteiger partial charge in [0.1, 0.15) is 0 Å². The van der Waals surface area contributed by atoms with Crippen LogP contribution in [0.3, 0.4) is 0 Å². The summed E-state index contributed by atoms with van der Waals surface area (Å²) in [4.78, 5) is 13.9. The molecule has 116 valence electrons. The molecule has 0 spiro atoms. The zero-order valence-electron chi connectivity index (χ0n) is 11.7. The van der Waals surface area contributed by atoms with E-state index < -0.39 is 11.6 Å². The predicted octanol–water partition coefficient (Wildman–Crippen LogP) is 0.825. The molecule has 2 rings (SSSR count). The summed E-state index contributed by atoms with van der Waals surface area (Å²) in [5, 5.41) is 5.52. The molecule has 2 N–H and O–H groups in total. The van der Waals surface area contributed by atoms with Gasteiger partial charge in [-0.1, -0.05) is 0 Å². The van der Waals surface area contributed by atoms with Gasteiger partial charge in [0.15, 0.2) is 11.6 Å². The minimum Gasteiger partial charge on any atom is -0.379 e. The van der Waals surface area contributed by atoms with Crippen LogP contribution in [0.1, 0.15) is 0 Å². The predicted molar refractivity (Wildman–Crippen MR) is 75.1 cm³/mol. The number of carbonyl (C=O) groups is 1. The number of carbonyl (C=O) groups excluding carboxylic acids is 1. The van der Waals surface area contributed by atoms with Gasteiger partial charge in [0.2, 0.25) is 5.91 Å². The summed E-state index contributed by atoms with van der Waals surface area (Å²) >= 11 is 0. The summed E-state index contributed by atoms with van der Waals surface area (Å²) in [5.74, 6) is -2.20. The standard InChI is InChI=1S/C14H19F2N3O2/c15-12-2-1-11(9-13(12)16)18-14(20)10-17-3-4-19-5-7-21-8-6-19/h1-2,9,17H,3-8,10H2,(H,18,20). The molecule has 0 atom stereocenters. The van der Waals surface area contributed by atoms with Gasteiger partial charge in [-0.15, -0.1) is 0 Å². The van der Waals surface area contributed by atoms with E-state index in [1.54, 1.807) is 0 Å². The average Bonchev–Trinajstić information content (AvgIpc) is 2.49. The van der Waals surface area contributed by atoms with Crippen LogP contribution in [0.2, 0.25) is 0 Å². The number of ether oxygens (including phenoxy) is 1. The second-order valence-corrected chi connectivity index (χ2v) is 4.81. The highest BCUT2D eigenvalue weighted by Gasteiger charge is 2.10. The maximum absolute atomic E-state index is 13.0. The quantitative estimate of drug-likeness (QED) is 0.764. The number of benzene rings is 1. The van der Waals surface area contributed by atoms with Gasteiger partial charge in [-0.2, -0.15) is 0 Å². The van der Waals surface area contributed by atoms with Crippen molar-refractivity contribution in [1.29, 1.82) is 0 Å². The molecule has 5 nitrogen and oxygen atoms in total. The van der Waals surface area contributed by atoms with Crippen LogP contribution in [0.25, 0.3) is 0 Å². The molecule has 1 aromatic rings. The first-order valence-electron chi connectivity index (χ1n) is 6.91. The lowest BCUT2D eigenvalue weighted by Gasteiger charge is -2.26. The van der Waals surface area contributed by atoms with Crippen molar-refractivity contribution in [3.8, 4) is 0 Å². The van der Waals surface area contributed by atoms with Crippen molar-refractivity contribution in [3.05, 3.63) is 29.8 Å². The molecule has 0 unspecified atom stereocenters. The third-order valence-electron chi connectivity index (χ3n) is 3.20. The minimum atomic E-state index is -0.979. The Morgan fingerprint density at radius 2 is 2.00 bits per heavy atom. The Bertz CT molecular complexity index is 479. The van der Waals surface area contributed by atoms with Crippen molar-refractivity contribution in [2.75, 3.05) is 51.3 Å². The lowest BCUT2D eigenvalue weighted by Crippen LogP contribution is -2.41. The monoisotopic (exact) mass is 299 g/mol. The zero-order valence-corrected chi connectivity index (χ0v) is 11.7. The first-order chi connectivity index (χ1) is 10.1. The van der Waals surface area contributed by atoms with Crippen LogP contribution in [0, 0.1) is 11.6 Å². The minimum absolute atomic E-state index is 0.128. The fraction of sp³-hybridized carbons (Fsp3) is 0.500. The van der Waals surface area contributed by atoms with E-state index in [1.807, 2.05) is 0 Å². The van der Waals surface area contributed by atoms with Crippen molar-refractivity contribution in [1.82, 2.24) is 10.2 Å². The van der Waals surface area contributed by atoms with E-state index in [0.29, 0.717) is 6.54 Å². The summed E-state index contributed by atoms with van der Waals surface area (Å²) in [6.07, 6.45) is 0. The van der Waals surface area contributed by atoms with E-state index in [2.05, 4.69) is 15.5 Å². The Kier molecular flexibility index (Phi) is 6.04.